The van der Waals surface area contributed by atoms with Gasteiger partial charge in [-0.15, -0.1) is 0 Å². The van der Waals surface area contributed by atoms with Gasteiger partial charge in [0.05, 0.1) is 49.6 Å². The lowest BCUT2D eigenvalue weighted by atomic mass is 9.73. The Bertz CT molecular complexity index is 2120. The van der Waals surface area contributed by atoms with Crippen LogP contribution in [0.5, 0.6) is 0 Å². The number of hydrogen-bond acceptors (Lipinski definition) is 10. The molecule has 2 aromatic heterocycles. The maximum atomic E-state index is 10.7. The van der Waals surface area contributed by atoms with E-state index in [1.54, 1.807) is 0 Å². The van der Waals surface area contributed by atoms with Crippen LogP contribution in [0.2, 0.25) is 0 Å². The third kappa shape index (κ3) is 9.88. The number of hydrazone groups is 2. The van der Waals surface area contributed by atoms with Crippen LogP contribution in [0.1, 0.15) is 62.8 Å². The van der Waals surface area contributed by atoms with Crippen LogP contribution < -0.4 is 19.2 Å². The SMILES string of the molecule is CC1(C)c2ccccc2N(/N=C/c2cc[n+](CCCS(=O)(=O)[O-])cc2)C1(C)C.O=S(=O)([O-])CCC[n+]1ccc(/C=N/N2CCc3ccccc32)cc1. The summed E-state index contributed by atoms with van der Waals surface area (Å²) in [6.45, 7) is 10.8. The number of anilines is 2. The molecule has 52 heavy (non-hydrogen) atoms. The van der Waals surface area contributed by atoms with Crippen molar-refractivity contribution in [3.05, 3.63) is 120 Å². The Kier molecular flexibility index (Phi) is 11.9. The predicted molar refractivity (Wildman–Crippen MR) is 200 cm³/mol. The molecule has 276 valence electrons. The highest BCUT2D eigenvalue weighted by atomic mass is 32.2. The van der Waals surface area contributed by atoms with Crippen molar-refractivity contribution in [2.75, 3.05) is 28.1 Å². The molecule has 4 heterocycles. The molecule has 14 heteroatoms. The van der Waals surface area contributed by atoms with Crippen LogP contribution >= 0.6 is 0 Å². The van der Waals surface area contributed by atoms with Crippen molar-refractivity contribution in [1.82, 2.24) is 0 Å². The van der Waals surface area contributed by atoms with Gasteiger partial charge in [-0.1, -0.05) is 50.2 Å². The van der Waals surface area contributed by atoms with Gasteiger partial charge in [0, 0.05) is 71.7 Å². The summed E-state index contributed by atoms with van der Waals surface area (Å²) in [7, 11) is -8.29. The first-order chi connectivity index (χ1) is 24.5. The molecule has 0 saturated carbocycles. The third-order valence-electron chi connectivity index (χ3n) is 9.85. The fraction of sp³-hybridized carbons (Fsp3) is 0.368. The summed E-state index contributed by atoms with van der Waals surface area (Å²) in [5.74, 6) is -0.681. The molecule has 12 nitrogen and oxygen atoms in total. The van der Waals surface area contributed by atoms with Gasteiger partial charge in [-0.3, -0.25) is 10.0 Å². The van der Waals surface area contributed by atoms with E-state index in [1.165, 1.54) is 11.1 Å². The monoisotopic (exact) mass is 746 g/mol. The summed E-state index contributed by atoms with van der Waals surface area (Å²) >= 11 is 0. The summed E-state index contributed by atoms with van der Waals surface area (Å²) in [5, 5.41) is 13.4. The molecule has 6 rings (SSSR count). The summed E-state index contributed by atoms with van der Waals surface area (Å²) in [6, 6.07) is 24.3. The average Bonchev–Trinajstić information content (AvgIpc) is 3.57. The Labute approximate surface area is 307 Å². The maximum Gasteiger partial charge on any atom is 0.169 e. The zero-order valence-electron chi connectivity index (χ0n) is 30.0. The molecule has 0 unspecified atom stereocenters. The quantitative estimate of drug-likeness (QED) is 0.119. The lowest BCUT2D eigenvalue weighted by molar-refractivity contribution is -0.697. The minimum atomic E-state index is -4.16. The van der Waals surface area contributed by atoms with Crippen LogP contribution in [0.15, 0.2) is 108 Å². The van der Waals surface area contributed by atoms with E-state index in [9.17, 15) is 25.9 Å². The van der Waals surface area contributed by atoms with Gasteiger partial charge in [0.15, 0.2) is 24.8 Å². The maximum absolute atomic E-state index is 10.7. The summed E-state index contributed by atoms with van der Waals surface area (Å²) in [4.78, 5) is 0. The van der Waals surface area contributed by atoms with Crippen molar-refractivity contribution < 1.29 is 35.1 Å². The first-order valence-corrected chi connectivity index (χ1v) is 20.4. The Morgan fingerprint density at radius 2 is 1.17 bits per heavy atom. The van der Waals surface area contributed by atoms with Crippen molar-refractivity contribution in [2.45, 2.75) is 71.0 Å². The average molecular weight is 747 g/mol. The molecular formula is C38H46N6O6S2. The van der Waals surface area contributed by atoms with Gasteiger partial charge in [-0.25, -0.2) is 26.0 Å². The minimum absolute atomic E-state index is 0.0391. The Balaban J connectivity index is 0.000000203. The molecule has 0 spiro atoms. The van der Waals surface area contributed by atoms with Crippen molar-refractivity contribution in [3.8, 4) is 0 Å². The Morgan fingerprint density at radius 1 is 0.692 bits per heavy atom. The molecule has 0 saturated heterocycles. The van der Waals surface area contributed by atoms with Crippen LogP contribution in [0.25, 0.3) is 0 Å². The van der Waals surface area contributed by atoms with Crippen LogP contribution in [0.4, 0.5) is 11.4 Å². The van der Waals surface area contributed by atoms with Crippen molar-refractivity contribution >= 4 is 44.0 Å². The highest BCUT2D eigenvalue weighted by Gasteiger charge is 2.51. The smallest absolute Gasteiger partial charge is 0.169 e. The molecular weight excluding hydrogens is 701 g/mol. The van der Waals surface area contributed by atoms with Crippen LogP contribution in [-0.4, -0.2) is 62.0 Å². The molecule has 4 aromatic rings. The van der Waals surface area contributed by atoms with Crippen molar-refractivity contribution in [1.29, 1.82) is 0 Å². The highest BCUT2D eigenvalue weighted by molar-refractivity contribution is 7.85. The topological polar surface area (TPSA) is 153 Å². The molecule has 0 atom stereocenters. The zero-order valence-corrected chi connectivity index (χ0v) is 31.6. The van der Waals surface area contributed by atoms with E-state index < -0.39 is 20.2 Å². The Hall–Kier alpha value is -4.50. The minimum Gasteiger partial charge on any atom is -0.748 e. The lowest BCUT2D eigenvalue weighted by Crippen LogP contribution is -2.48. The second-order valence-electron chi connectivity index (χ2n) is 14.0. The van der Waals surface area contributed by atoms with Gasteiger partial charge in [0.2, 0.25) is 0 Å². The van der Waals surface area contributed by atoms with E-state index in [2.05, 4.69) is 68.1 Å². The van der Waals surface area contributed by atoms with E-state index in [-0.39, 0.29) is 22.5 Å². The second-order valence-corrected chi connectivity index (χ2v) is 17.0. The van der Waals surface area contributed by atoms with E-state index >= 15 is 0 Å². The number of pyridine rings is 2. The first-order valence-electron chi connectivity index (χ1n) is 17.2. The normalized spacial score (nSPS) is 16.2. The zero-order chi connectivity index (χ0) is 37.6. The highest BCUT2D eigenvalue weighted by Crippen LogP contribution is 2.51. The van der Waals surface area contributed by atoms with E-state index in [1.807, 2.05) is 93.8 Å². The number of aromatic nitrogens is 2. The number of nitrogens with zero attached hydrogens (tertiary/aromatic N) is 6. The molecule has 2 aliphatic heterocycles. The van der Waals surface area contributed by atoms with Gasteiger partial charge in [0.1, 0.15) is 13.1 Å². The molecule has 0 fully saturated rings. The van der Waals surface area contributed by atoms with Gasteiger partial charge >= 0.3 is 0 Å². The lowest BCUT2D eigenvalue weighted by Gasteiger charge is -2.39. The number of para-hydroxylation sites is 2. The molecule has 0 bridgehead atoms. The largest absolute Gasteiger partial charge is 0.748 e. The summed E-state index contributed by atoms with van der Waals surface area (Å²) in [6.07, 6.45) is 12.7. The van der Waals surface area contributed by atoms with E-state index in [4.69, 9.17) is 5.10 Å². The number of rotatable bonds is 12. The van der Waals surface area contributed by atoms with E-state index in [0.29, 0.717) is 25.9 Å². The van der Waals surface area contributed by atoms with Crippen LogP contribution in [0, 0.1) is 0 Å². The van der Waals surface area contributed by atoms with Gasteiger partial charge in [0.25, 0.3) is 0 Å². The number of benzene rings is 2. The van der Waals surface area contributed by atoms with E-state index in [0.717, 1.165) is 35.5 Å². The summed E-state index contributed by atoms with van der Waals surface area (Å²) in [5.41, 5.74) is 6.58. The fourth-order valence-electron chi connectivity index (χ4n) is 6.25. The van der Waals surface area contributed by atoms with Gasteiger partial charge in [-0.2, -0.15) is 10.2 Å². The molecule has 2 aliphatic rings. The second kappa shape index (κ2) is 16.0. The van der Waals surface area contributed by atoms with Gasteiger partial charge in [-0.05, 0) is 43.5 Å². The van der Waals surface area contributed by atoms with Crippen molar-refractivity contribution in [3.63, 3.8) is 0 Å². The third-order valence-corrected chi connectivity index (χ3v) is 11.4. The Morgan fingerprint density at radius 3 is 1.71 bits per heavy atom. The molecule has 0 N–H and O–H groups in total. The van der Waals surface area contributed by atoms with Crippen LogP contribution in [0.3, 0.4) is 0 Å². The molecule has 2 aromatic carbocycles. The first kappa shape index (κ1) is 38.7. The van der Waals surface area contributed by atoms with Crippen LogP contribution in [-0.2, 0) is 45.2 Å². The molecule has 0 radical (unpaired) electrons. The fourth-order valence-corrected chi connectivity index (χ4v) is 7.21. The number of hydrogen-bond donors (Lipinski definition) is 0. The van der Waals surface area contributed by atoms with Gasteiger partial charge < -0.3 is 9.11 Å². The standard InChI is InChI=1S/C21H27N3O3S.C17H19N3O3S/c1-20(2)18-8-5-6-9-19(18)24(21(20,3)4)22-16-17-10-13-23(14-11-17)12-7-15-28(25,26)27;21-24(22,23)13-3-9-19-10-6-15(7-11-19)14-18-20-12-8-16-4-1-2-5-17(16)20/h5-6,8-11,13-14,16H,7,12,15H2,1-4H3;1-2,4-7,10-11,14H,3,8-9,12-13H2. The summed E-state index contributed by atoms with van der Waals surface area (Å²) < 4.78 is 67.5. The molecule has 0 amide bonds. The number of fused-ring (bicyclic) bond motifs is 2. The van der Waals surface area contributed by atoms with Crippen molar-refractivity contribution in [2.24, 2.45) is 10.2 Å². The molecule has 0 aliphatic carbocycles. The number of aryl methyl sites for hydroxylation is 2. The predicted octanol–water partition coefficient (Wildman–Crippen LogP) is 4.13.